The molecule has 1 aromatic heterocycles. The fourth-order valence-corrected chi connectivity index (χ4v) is 3.70. The van der Waals surface area contributed by atoms with E-state index in [1.54, 1.807) is 6.07 Å². The van der Waals surface area contributed by atoms with Crippen LogP contribution < -0.4 is 5.32 Å². The molecular formula is C25H25F3N2O3. The number of alkyl halides is 3. The number of alkyl carbamates (subject to hydrolysis) is 1. The molecule has 174 valence electrons. The zero-order valence-electron chi connectivity index (χ0n) is 18.4. The van der Waals surface area contributed by atoms with Crippen LogP contribution in [0, 0.1) is 6.92 Å². The van der Waals surface area contributed by atoms with Crippen molar-refractivity contribution in [2.45, 2.75) is 32.5 Å². The summed E-state index contributed by atoms with van der Waals surface area (Å²) in [6.45, 7) is 2.75. The molecule has 0 fully saturated rings. The van der Waals surface area contributed by atoms with Crippen molar-refractivity contribution in [2.24, 2.45) is 0 Å². The predicted octanol–water partition coefficient (Wildman–Crippen LogP) is 5.65. The maximum Gasteiger partial charge on any atom is 0.416 e. The van der Waals surface area contributed by atoms with Gasteiger partial charge in [-0.3, -0.25) is 4.79 Å². The highest BCUT2D eigenvalue weighted by molar-refractivity contribution is 6.00. The second-order valence-corrected chi connectivity index (χ2v) is 7.62. The van der Waals surface area contributed by atoms with Crippen LogP contribution in [-0.2, 0) is 23.9 Å². The smallest absolute Gasteiger partial charge is 0.416 e. The molecule has 0 atom stereocenters. The zero-order valence-corrected chi connectivity index (χ0v) is 18.4. The highest BCUT2D eigenvalue weighted by atomic mass is 19.4. The Bertz CT molecular complexity index is 1120. The first-order chi connectivity index (χ1) is 15.7. The minimum absolute atomic E-state index is 0.132. The fourth-order valence-electron chi connectivity index (χ4n) is 3.70. The minimum Gasteiger partial charge on any atom is -0.453 e. The van der Waals surface area contributed by atoms with Crippen molar-refractivity contribution in [1.29, 1.82) is 0 Å². The normalized spacial score (nSPS) is 11.3. The second-order valence-electron chi connectivity index (χ2n) is 7.62. The number of halogens is 3. The molecule has 1 N–H and O–H groups in total. The van der Waals surface area contributed by atoms with E-state index in [2.05, 4.69) is 10.1 Å². The first-order valence-corrected chi connectivity index (χ1v) is 10.5. The van der Waals surface area contributed by atoms with Crippen molar-refractivity contribution in [3.8, 4) is 11.3 Å². The van der Waals surface area contributed by atoms with E-state index in [0.29, 0.717) is 30.6 Å². The number of nitrogens with zero attached hydrogens (tertiary/aromatic N) is 1. The third-order valence-corrected chi connectivity index (χ3v) is 5.37. The molecule has 0 aliphatic rings. The molecule has 0 saturated carbocycles. The molecule has 0 spiro atoms. The number of carbonyl (C=O) groups is 2. The van der Waals surface area contributed by atoms with Crippen LogP contribution in [0.25, 0.3) is 11.3 Å². The van der Waals surface area contributed by atoms with Crippen LogP contribution >= 0.6 is 0 Å². The molecule has 3 aromatic rings. The average molecular weight is 458 g/mol. The van der Waals surface area contributed by atoms with Gasteiger partial charge in [0.2, 0.25) is 0 Å². The predicted molar refractivity (Wildman–Crippen MR) is 119 cm³/mol. The molecule has 0 radical (unpaired) electrons. The summed E-state index contributed by atoms with van der Waals surface area (Å²) in [5.74, 6) is -0.254. The van der Waals surface area contributed by atoms with Gasteiger partial charge in [-0.25, -0.2) is 4.79 Å². The van der Waals surface area contributed by atoms with E-state index >= 15 is 0 Å². The zero-order chi connectivity index (χ0) is 24.0. The van der Waals surface area contributed by atoms with Gasteiger partial charge in [0.25, 0.3) is 0 Å². The van der Waals surface area contributed by atoms with E-state index in [-0.39, 0.29) is 12.2 Å². The average Bonchev–Trinajstić information content (AvgIpc) is 3.13. The number of benzene rings is 2. The van der Waals surface area contributed by atoms with E-state index in [1.807, 2.05) is 41.8 Å². The van der Waals surface area contributed by atoms with Crippen LogP contribution in [0.5, 0.6) is 0 Å². The molecule has 5 nitrogen and oxygen atoms in total. The Morgan fingerprint density at radius 2 is 1.76 bits per heavy atom. The number of hydrogen-bond donors (Lipinski definition) is 1. The molecule has 8 heteroatoms. The number of ketones is 1. The van der Waals surface area contributed by atoms with Crippen molar-refractivity contribution >= 4 is 11.9 Å². The number of ether oxygens (including phenoxy) is 1. The molecule has 3 rings (SSSR count). The highest BCUT2D eigenvalue weighted by Crippen LogP contribution is 2.31. The molecule has 2 aromatic carbocycles. The SMILES string of the molecule is COC(=O)NCCCn1c(-c2ccccc2)cc(C(=O)Cc2cccc(C(F)(F)F)c2)c1C. The van der Waals surface area contributed by atoms with E-state index in [1.165, 1.54) is 19.2 Å². The lowest BCUT2D eigenvalue weighted by molar-refractivity contribution is -0.137. The summed E-state index contributed by atoms with van der Waals surface area (Å²) in [7, 11) is 1.29. The van der Waals surface area contributed by atoms with Gasteiger partial charge in [0.15, 0.2) is 5.78 Å². The summed E-state index contributed by atoms with van der Waals surface area (Å²) in [6, 6.07) is 16.2. The highest BCUT2D eigenvalue weighted by Gasteiger charge is 2.30. The summed E-state index contributed by atoms with van der Waals surface area (Å²) >= 11 is 0. The number of amides is 1. The lowest BCUT2D eigenvalue weighted by Crippen LogP contribution is -2.25. The topological polar surface area (TPSA) is 60.3 Å². The third-order valence-electron chi connectivity index (χ3n) is 5.37. The summed E-state index contributed by atoms with van der Waals surface area (Å²) in [5, 5.41) is 2.63. The molecule has 0 bridgehead atoms. The number of rotatable bonds is 8. The van der Waals surface area contributed by atoms with Gasteiger partial charge in [-0.2, -0.15) is 13.2 Å². The first kappa shape index (κ1) is 24.1. The van der Waals surface area contributed by atoms with Crippen molar-refractivity contribution in [1.82, 2.24) is 9.88 Å². The van der Waals surface area contributed by atoms with E-state index in [4.69, 9.17) is 0 Å². The van der Waals surface area contributed by atoms with Crippen molar-refractivity contribution in [2.75, 3.05) is 13.7 Å². The van der Waals surface area contributed by atoms with Gasteiger partial charge in [-0.15, -0.1) is 0 Å². The van der Waals surface area contributed by atoms with Gasteiger partial charge >= 0.3 is 12.3 Å². The van der Waals surface area contributed by atoms with Gasteiger partial charge in [0.05, 0.1) is 12.7 Å². The van der Waals surface area contributed by atoms with Gasteiger partial charge < -0.3 is 14.6 Å². The van der Waals surface area contributed by atoms with Crippen LogP contribution in [-0.4, -0.2) is 30.1 Å². The maximum atomic E-state index is 13.1. The molecule has 0 unspecified atom stereocenters. The third kappa shape index (κ3) is 6.03. The van der Waals surface area contributed by atoms with Crippen LogP contribution in [0.15, 0.2) is 60.7 Å². The summed E-state index contributed by atoms with van der Waals surface area (Å²) in [6.07, 6.45) is -4.50. The van der Waals surface area contributed by atoms with E-state index in [0.717, 1.165) is 29.1 Å². The number of carbonyl (C=O) groups excluding carboxylic acids is 2. The van der Waals surface area contributed by atoms with Gasteiger partial charge in [0.1, 0.15) is 0 Å². The standard InChI is InChI=1S/C25H25F3N2O3/c1-17-21(23(31)15-18-8-6-11-20(14-18)25(26,27)28)16-22(19-9-4-3-5-10-19)30(17)13-7-12-29-24(32)33-2/h3-6,8-11,14,16H,7,12-13,15H2,1-2H3,(H,29,32). The first-order valence-electron chi connectivity index (χ1n) is 10.5. The molecule has 0 saturated heterocycles. The maximum absolute atomic E-state index is 13.1. The van der Waals surface area contributed by atoms with Gasteiger partial charge in [-0.05, 0) is 36.6 Å². The minimum atomic E-state index is -4.46. The number of nitrogens with one attached hydrogen (secondary N) is 1. The van der Waals surface area contributed by atoms with Crippen LogP contribution in [0.1, 0.15) is 33.6 Å². The number of hydrogen-bond acceptors (Lipinski definition) is 3. The summed E-state index contributed by atoms with van der Waals surface area (Å²) in [4.78, 5) is 24.4. The Balaban J connectivity index is 1.86. The molecule has 0 aliphatic carbocycles. The van der Waals surface area contributed by atoms with Crippen molar-refractivity contribution in [3.63, 3.8) is 0 Å². The van der Waals surface area contributed by atoms with Crippen LogP contribution in [0.4, 0.5) is 18.0 Å². The number of methoxy groups -OCH3 is 1. The fraction of sp³-hybridized carbons (Fsp3) is 0.280. The Labute approximate surface area is 190 Å². The Hall–Kier alpha value is -3.55. The monoisotopic (exact) mass is 458 g/mol. The van der Waals surface area contributed by atoms with Crippen LogP contribution in [0.2, 0.25) is 0 Å². The molecule has 33 heavy (non-hydrogen) atoms. The van der Waals surface area contributed by atoms with Gasteiger partial charge in [0, 0.05) is 36.5 Å². The van der Waals surface area contributed by atoms with Crippen LogP contribution in [0.3, 0.4) is 0 Å². The summed E-state index contributed by atoms with van der Waals surface area (Å²) < 4.78 is 45.7. The summed E-state index contributed by atoms with van der Waals surface area (Å²) in [5.41, 5.74) is 2.48. The molecule has 1 heterocycles. The number of Topliss-reactive ketones (excluding diaryl/α,β-unsaturated/α-hetero) is 1. The Morgan fingerprint density at radius 1 is 1.03 bits per heavy atom. The Morgan fingerprint density at radius 3 is 2.42 bits per heavy atom. The Kier molecular flexibility index (Phi) is 7.58. The molecule has 0 aliphatic heterocycles. The lowest BCUT2D eigenvalue weighted by atomic mass is 10.0. The van der Waals surface area contributed by atoms with Crippen molar-refractivity contribution in [3.05, 3.63) is 83.0 Å². The quantitative estimate of drug-likeness (QED) is 0.350. The molecule has 1 amide bonds. The lowest BCUT2D eigenvalue weighted by Gasteiger charge is -2.12. The number of aromatic nitrogens is 1. The second kappa shape index (κ2) is 10.4. The van der Waals surface area contributed by atoms with Gasteiger partial charge in [-0.1, -0.05) is 48.5 Å². The van der Waals surface area contributed by atoms with Crippen molar-refractivity contribution < 1.29 is 27.5 Å². The molecular weight excluding hydrogens is 433 g/mol. The largest absolute Gasteiger partial charge is 0.453 e. The van der Waals surface area contributed by atoms with E-state index in [9.17, 15) is 22.8 Å². The van der Waals surface area contributed by atoms with E-state index < -0.39 is 17.8 Å².